The molecule has 0 unspecified atom stereocenters. The molecule has 88 valence electrons. The normalized spacial score (nSPS) is 10.6. The molecule has 1 amide bonds. The summed E-state index contributed by atoms with van der Waals surface area (Å²) >= 11 is 0. The molecule has 0 aliphatic rings. The summed E-state index contributed by atoms with van der Waals surface area (Å²) in [7, 11) is 0. The van der Waals surface area contributed by atoms with E-state index in [2.05, 4.69) is 5.32 Å². The third kappa shape index (κ3) is 2.81. The van der Waals surface area contributed by atoms with Gasteiger partial charge in [0.2, 0.25) is 0 Å². The zero-order valence-corrected chi connectivity index (χ0v) is 9.53. The van der Waals surface area contributed by atoms with Crippen molar-refractivity contribution >= 4 is 5.91 Å². The van der Waals surface area contributed by atoms with E-state index in [1.165, 1.54) is 0 Å². The molecule has 0 aliphatic carbocycles. The highest BCUT2D eigenvalue weighted by Crippen LogP contribution is 2.12. The van der Waals surface area contributed by atoms with Gasteiger partial charge in [-0.25, -0.2) is 0 Å². The fraction of sp³-hybridized carbons (Fsp3) is 0.417. The number of aliphatic hydroxyl groups is 2. The SMILES string of the molecule is Cc1cccc(C(=O)NC(CO)CO)c1C. The first kappa shape index (κ1) is 12.7. The molecule has 0 saturated carbocycles. The van der Waals surface area contributed by atoms with Gasteiger partial charge in [0, 0.05) is 5.56 Å². The highest BCUT2D eigenvalue weighted by molar-refractivity contribution is 5.96. The van der Waals surface area contributed by atoms with E-state index in [0.29, 0.717) is 5.56 Å². The lowest BCUT2D eigenvalue weighted by Crippen LogP contribution is -2.40. The van der Waals surface area contributed by atoms with Gasteiger partial charge in [0.15, 0.2) is 0 Å². The molecule has 0 heterocycles. The van der Waals surface area contributed by atoms with Crippen molar-refractivity contribution in [1.29, 1.82) is 0 Å². The number of carbonyl (C=O) groups excluding carboxylic acids is 1. The summed E-state index contributed by atoms with van der Waals surface area (Å²) in [6.45, 7) is 3.26. The van der Waals surface area contributed by atoms with E-state index in [9.17, 15) is 4.79 Å². The molecule has 1 aromatic carbocycles. The van der Waals surface area contributed by atoms with Crippen molar-refractivity contribution in [3.8, 4) is 0 Å². The van der Waals surface area contributed by atoms with Gasteiger partial charge < -0.3 is 15.5 Å². The lowest BCUT2D eigenvalue weighted by Gasteiger charge is -2.15. The van der Waals surface area contributed by atoms with Gasteiger partial charge in [-0.15, -0.1) is 0 Å². The summed E-state index contributed by atoms with van der Waals surface area (Å²) in [5.74, 6) is -0.269. The second-order valence-corrected chi connectivity index (χ2v) is 3.78. The monoisotopic (exact) mass is 223 g/mol. The Labute approximate surface area is 94.9 Å². The van der Waals surface area contributed by atoms with Crippen molar-refractivity contribution < 1.29 is 15.0 Å². The minimum absolute atomic E-state index is 0.269. The van der Waals surface area contributed by atoms with Crippen molar-refractivity contribution in [2.24, 2.45) is 0 Å². The van der Waals surface area contributed by atoms with Crippen LogP contribution in [0.1, 0.15) is 21.5 Å². The molecular weight excluding hydrogens is 206 g/mol. The van der Waals surface area contributed by atoms with Gasteiger partial charge in [-0.1, -0.05) is 12.1 Å². The highest BCUT2D eigenvalue weighted by atomic mass is 16.3. The first-order valence-corrected chi connectivity index (χ1v) is 5.19. The highest BCUT2D eigenvalue weighted by Gasteiger charge is 2.14. The Morgan fingerprint density at radius 1 is 1.31 bits per heavy atom. The van der Waals surface area contributed by atoms with Crippen LogP contribution in [0.25, 0.3) is 0 Å². The maximum atomic E-state index is 11.8. The van der Waals surface area contributed by atoms with Crippen molar-refractivity contribution in [1.82, 2.24) is 5.32 Å². The van der Waals surface area contributed by atoms with Gasteiger partial charge in [-0.05, 0) is 31.0 Å². The van der Waals surface area contributed by atoms with E-state index in [1.807, 2.05) is 26.0 Å². The van der Waals surface area contributed by atoms with Crippen molar-refractivity contribution in [2.75, 3.05) is 13.2 Å². The molecule has 3 N–H and O–H groups in total. The van der Waals surface area contributed by atoms with Crippen LogP contribution in [0.4, 0.5) is 0 Å². The van der Waals surface area contributed by atoms with Crippen molar-refractivity contribution in [2.45, 2.75) is 19.9 Å². The molecule has 1 aromatic rings. The molecule has 4 heteroatoms. The maximum Gasteiger partial charge on any atom is 0.251 e. The second-order valence-electron chi connectivity index (χ2n) is 3.78. The summed E-state index contributed by atoms with van der Waals surface area (Å²) in [5, 5.41) is 20.3. The van der Waals surface area contributed by atoms with Crippen LogP contribution < -0.4 is 5.32 Å². The van der Waals surface area contributed by atoms with Gasteiger partial charge in [-0.2, -0.15) is 0 Å². The number of aryl methyl sites for hydroxylation is 1. The molecule has 0 fully saturated rings. The molecule has 0 radical (unpaired) electrons. The van der Waals surface area contributed by atoms with Gasteiger partial charge >= 0.3 is 0 Å². The van der Waals surface area contributed by atoms with Gasteiger partial charge in [-0.3, -0.25) is 4.79 Å². The lowest BCUT2D eigenvalue weighted by molar-refractivity contribution is 0.0878. The van der Waals surface area contributed by atoms with E-state index in [-0.39, 0.29) is 19.1 Å². The minimum atomic E-state index is -0.604. The van der Waals surface area contributed by atoms with Crippen molar-refractivity contribution in [3.05, 3.63) is 34.9 Å². The predicted molar refractivity (Wildman–Crippen MR) is 61.3 cm³/mol. The summed E-state index contributed by atoms with van der Waals surface area (Å²) in [6.07, 6.45) is 0. The van der Waals surface area contributed by atoms with E-state index < -0.39 is 6.04 Å². The topological polar surface area (TPSA) is 69.6 Å². The zero-order valence-electron chi connectivity index (χ0n) is 9.53. The van der Waals surface area contributed by atoms with Crippen LogP contribution in [0.3, 0.4) is 0 Å². The minimum Gasteiger partial charge on any atom is -0.394 e. The molecule has 0 atom stereocenters. The maximum absolute atomic E-state index is 11.8. The number of aliphatic hydroxyl groups excluding tert-OH is 2. The van der Waals surface area contributed by atoms with Crippen LogP contribution in [-0.2, 0) is 0 Å². The Morgan fingerprint density at radius 2 is 1.94 bits per heavy atom. The number of nitrogens with one attached hydrogen (secondary N) is 1. The van der Waals surface area contributed by atoms with Crippen LogP contribution >= 0.6 is 0 Å². The Bertz CT molecular complexity index is 373. The molecule has 4 nitrogen and oxygen atoms in total. The fourth-order valence-electron chi connectivity index (χ4n) is 1.41. The summed E-state index contributed by atoms with van der Waals surface area (Å²) < 4.78 is 0. The van der Waals surface area contributed by atoms with E-state index in [0.717, 1.165) is 11.1 Å². The Hall–Kier alpha value is -1.39. The Kier molecular flexibility index (Phi) is 4.46. The van der Waals surface area contributed by atoms with Crippen LogP contribution in [0, 0.1) is 13.8 Å². The van der Waals surface area contributed by atoms with E-state index in [1.54, 1.807) is 6.07 Å². The smallest absolute Gasteiger partial charge is 0.251 e. The standard InChI is InChI=1S/C12H17NO3/c1-8-4-3-5-11(9(8)2)12(16)13-10(6-14)7-15/h3-5,10,14-15H,6-7H2,1-2H3,(H,13,16). The van der Waals surface area contributed by atoms with Gasteiger partial charge in [0.05, 0.1) is 19.3 Å². The molecule has 1 rings (SSSR count). The summed E-state index contributed by atoms with van der Waals surface area (Å²) in [6, 6.07) is 4.86. The first-order valence-electron chi connectivity index (χ1n) is 5.19. The largest absolute Gasteiger partial charge is 0.394 e. The third-order valence-corrected chi connectivity index (χ3v) is 2.63. The van der Waals surface area contributed by atoms with Crippen LogP contribution in [0.15, 0.2) is 18.2 Å². The number of hydrogen-bond acceptors (Lipinski definition) is 3. The van der Waals surface area contributed by atoms with Crippen LogP contribution in [0.5, 0.6) is 0 Å². The second kappa shape index (κ2) is 5.63. The first-order chi connectivity index (χ1) is 7.60. The quantitative estimate of drug-likeness (QED) is 0.691. The lowest BCUT2D eigenvalue weighted by atomic mass is 10.0. The number of amides is 1. The number of benzene rings is 1. The molecule has 0 saturated heterocycles. The van der Waals surface area contributed by atoms with Crippen LogP contribution in [-0.4, -0.2) is 35.4 Å². The van der Waals surface area contributed by atoms with Crippen molar-refractivity contribution in [3.63, 3.8) is 0 Å². The number of hydrogen-bond donors (Lipinski definition) is 3. The molecule has 0 spiro atoms. The average Bonchev–Trinajstić information content (AvgIpc) is 2.29. The van der Waals surface area contributed by atoms with Crippen LogP contribution in [0.2, 0.25) is 0 Å². The Balaban J connectivity index is 2.84. The fourth-order valence-corrected chi connectivity index (χ4v) is 1.41. The number of rotatable bonds is 4. The summed E-state index contributed by atoms with van der Waals surface area (Å²) in [5.41, 5.74) is 2.53. The predicted octanol–water partition coefficient (Wildman–Crippen LogP) is 0.386. The van der Waals surface area contributed by atoms with E-state index in [4.69, 9.17) is 10.2 Å². The molecule has 0 bridgehead atoms. The molecule has 0 aliphatic heterocycles. The van der Waals surface area contributed by atoms with Gasteiger partial charge in [0.25, 0.3) is 5.91 Å². The third-order valence-electron chi connectivity index (χ3n) is 2.63. The van der Waals surface area contributed by atoms with Gasteiger partial charge in [0.1, 0.15) is 0 Å². The molecular formula is C12H17NO3. The average molecular weight is 223 g/mol. The zero-order chi connectivity index (χ0) is 12.1. The number of carbonyl (C=O) groups is 1. The van der Waals surface area contributed by atoms with E-state index >= 15 is 0 Å². The summed E-state index contributed by atoms with van der Waals surface area (Å²) in [4.78, 5) is 11.8. The Morgan fingerprint density at radius 3 is 2.50 bits per heavy atom. The molecule has 0 aromatic heterocycles. The molecule has 16 heavy (non-hydrogen) atoms.